The Morgan fingerprint density at radius 3 is 2.90 bits per heavy atom. The van der Waals surface area contributed by atoms with Crippen LogP contribution in [0.5, 0.6) is 11.5 Å². The Morgan fingerprint density at radius 1 is 1.43 bits per heavy atom. The third-order valence-electron chi connectivity index (χ3n) is 3.55. The van der Waals surface area contributed by atoms with Crippen molar-refractivity contribution in [3.05, 3.63) is 22.7 Å². The van der Waals surface area contributed by atoms with Crippen molar-refractivity contribution in [2.45, 2.75) is 39.7 Å². The highest BCUT2D eigenvalue weighted by Crippen LogP contribution is 2.42. The van der Waals surface area contributed by atoms with Gasteiger partial charge in [0.25, 0.3) is 0 Å². The number of rotatable bonds is 4. The van der Waals surface area contributed by atoms with Crippen LogP contribution in [0.2, 0.25) is 0 Å². The van der Waals surface area contributed by atoms with E-state index in [1.54, 1.807) is 11.3 Å². The molecule has 0 bridgehead atoms. The van der Waals surface area contributed by atoms with Gasteiger partial charge in [-0.05, 0) is 32.4 Å². The maximum absolute atomic E-state index is 6.15. The first-order valence-electron chi connectivity index (χ1n) is 7.34. The molecule has 1 aromatic carbocycles. The number of ether oxygens (including phenoxy) is 2. The molecule has 0 spiro atoms. The standard InChI is InChI=1S/C16H20N2O2S/c1-4-14-18-15(16(17)21-14)11-8-12-10(6-9(3)20-12)7-13(11)19-5-2/h7-9H,4-6,17H2,1-3H3. The van der Waals surface area contributed by atoms with Crippen LogP contribution in [0, 0.1) is 0 Å². The number of fused-ring (bicyclic) bond motifs is 1. The van der Waals surface area contributed by atoms with Crippen LogP contribution in [0.15, 0.2) is 12.1 Å². The van der Waals surface area contributed by atoms with E-state index >= 15 is 0 Å². The zero-order chi connectivity index (χ0) is 15.0. The largest absolute Gasteiger partial charge is 0.493 e. The highest BCUT2D eigenvalue weighted by atomic mass is 32.1. The van der Waals surface area contributed by atoms with Crippen LogP contribution in [-0.4, -0.2) is 17.7 Å². The van der Waals surface area contributed by atoms with Crippen molar-refractivity contribution >= 4 is 16.3 Å². The first kappa shape index (κ1) is 14.2. The van der Waals surface area contributed by atoms with Crippen LogP contribution >= 0.6 is 11.3 Å². The zero-order valence-electron chi connectivity index (χ0n) is 12.6. The summed E-state index contributed by atoms with van der Waals surface area (Å²) in [6, 6.07) is 4.09. The molecule has 2 heterocycles. The molecular weight excluding hydrogens is 284 g/mol. The summed E-state index contributed by atoms with van der Waals surface area (Å²) in [5.41, 5.74) is 9.08. The van der Waals surface area contributed by atoms with E-state index in [0.717, 1.165) is 45.6 Å². The molecule has 3 rings (SSSR count). The number of anilines is 1. The molecule has 1 atom stereocenters. The predicted octanol–water partition coefficient (Wildman–Crippen LogP) is 3.68. The highest BCUT2D eigenvalue weighted by molar-refractivity contribution is 7.16. The summed E-state index contributed by atoms with van der Waals surface area (Å²) in [5.74, 6) is 1.76. The number of nitrogens with zero attached hydrogens (tertiary/aromatic N) is 1. The first-order valence-corrected chi connectivity index (χ1v) is 8.15. The van der Waals surface area contributed by atoms with Gasteiger partial charge in [-0.1, -0.05) is 6.92 Å². The van der Waals surface area contributed by atoms with Crippen molar-refractivity contribution < 1.29 is 9.47 Å². The number of aromatic nitrogens is 1. The Balaban J connectivity index is 2.11. The lowest BCUT2D eigenvalue weighted by Gasteiger charge is -2.11. The van der Waals surface area contributed by atoms with Crippen LogP contribution in [0.1, 0.15) is 31.3 Å². The number of thiazole rings is 1. The van der Waals surface area contributed by atoms with E-state index in [1.165, 1.54) is 5.56 Å². The lowest BCUT2D eigenvalue weighted by Crippen LogP contribution is -2.05. The molecule has 0 fully saturated rings. The average molecular weight is 304 g/mol. The topological polar surface area (TPSA) is 57.4 Å². The summed E-state index contributed by atoms with van der Waals surface area (Å²) in [6.07, 6.45) is 2.02. The Bertz CT molecular complexity index is 667. The molecule has 4 nitrogen and oxygen atoms in total. The number of aryl methyl sites for hydroxylation is 1. The second-order valence-electron chi connectivity index (χ2n) is 5.20. The number of hydrogen-bond acceptors (Lipinski definition) is 5. The van der Waals surface area contributed by atoms with Crippen LogP contribution in [0.3, 0.4) is 0 Å². The van der Waals surface area contributed by atoms with Crippen molar-refractivity contribution in [1.82, 2.24) is 4.98 Å². The van der Waals surface area contributed by atoms with Crippen molar-refractivity contribution in [2.75, 3.05) is 12.3 Å². The van der Waals surface area contributed by atoms with Gasteiger partial charge in [0.05, 0.1) is 11.6 Å². The molecule has 1 aliphatic rings. The van der Waals surface area contributed by atoms with Crippen molar-refractivity contribution in [1.29, 1.82) is 0 Å². The van der Waals surface area contributed by atoms with Gasteiger partial charge < -0.3 is 15.2 Å². The summed E-state index contributed by atoms with van der Waals surface area (Å²) < 4.78 is 11.7. The molecule has 21 heavy (non-hydrogen) atoms. The van der Waals surface area contributed by atoms with Gasteiger partial charge in [-0.3, -0.25) is 0 Å². The van der Waals surface area contributed by atoms with E-state index < -0.39 is 0 Å². The Kier molecular flexibility index (Phi) is 3.76. The van der Waals surface area contributed by atoms with Crippen LogP contribution in [0.25, 0.3) is 11.3 Å². The van der Waals surface area contributed by atoms with E-state index in [4.69, 9.17) is 15.2 Å². The van der Waals surface area contributed by atoms with Crippen LogP contribution < -0.4 is 15.2 Å². The normalized spacial score (nSPS) is 16.6. The zero-order valence-corrected chi connectivity index (χ0v) is 13.4. The molecule has 1 aliphatic heterocycles. The minimum Gasteiger partial charge on any atom is -0.493 e. The van der Waals surface area contributed by atoms with Crippen LogP contribution in [-0.2, 0) is 12.8 Å². The molecule has 5 heteroatoms. The minimum absolute atomic E-state index is 0.212. The van der Waals surface area contributed by atoms with E-state index in [1.807, 2.05) is 13.0 Å². The van der Waals surface area contributed by atoms with Crippen molar-refractivity contribution in [2.24, 2.45) is 0 Å². The molecule has 1 unspecified atom stereocenters. The lowest BCUT2D eigenvalue weighted by atomic mass is 10.0. The Hall–Kier alpha value is -1.75. The van der Waals surface area contributed by atoms with Gasteiger partial charge in [0.1, 0.15) is 28.3 Å². The summed E-state index contributed by atoms with van der Waals surface area (Å²) in [4.78, 5) is 4.64. The minimum atomic E-state index is 0.212. The van der Waals surface area contributed by atoms with Gasteiger partial charge in [0.15, 0.2) is 0 Å². The van der Waals surface area contributed by atoms with E-state index in [2.05, 4.69) is 24.9 Å². The molecule has 2 aromatic rings. The third kappa shape index (κ3) is 2.58. The molecule has 1 aromatic heterocycles. The van der Waals surface area contributed by atoms with Gasteiger partial charge in [0, 0.05) is 17.5 Å². The molecule has 112 valence electrons. The fourth-order valence-electron chi connectivity index (χ4n) is 2.62. The van der Waals surface area contributed by atoms with Gasteiger partial charge in [0.2, 0.25) is 0 Å². The van der Waals surface area contributed by atoms with E-state index in [0.29, 0.717) is 6.61 Å². The molecule has 0 saturated carbocycles. The van der Waals surface area contributed by atoms with Gasteiger partial charge >= 0.3 is 0 Å². The quantitative estimate of drug-likeness (QED) is 0.936. The number of benzene rings is 1. The SMILES string of the molecule is CCOc1cc2c(cc1-c1nc(CC)sc1N)OC(C)C2. The number of hydrogen-bond donors (Lipinski definition) is 1. The van der Waals surface area contributed by atoms with E-state index in [-0.39, 0.29) is 6.10 Å². The highest BCUT2D eigenvalue weighted by Gasteiger charge is 2.24. The van der Waals surface area contributed by atoms with Crippen LogP contribution in [0.4, 0.5) is 5.00 Å². The fourth-order valence-corrected chi connectivity index (χ4v) is 3.41. The summed E-state index contributed by atoms with van der Waals surface area (Å²) in [6.45, 7) is 6.76. The van der Waals surface area contributed by atoms with Gasteiger partial charge in [-0.2, -0.15) is 0 Å². The van der Waals surface area contributed by atoms with Crippen molar-refractivity contribution in [3.63, 3.8) is 0 Å². The molecular formula is C16H20N2O2S. The molecule has 0 radical (unpaired) electrons. The molecule has 0 saturated heterocycles. The van der Waals surface area contributed by atoms with Gasteiger partial charge in [-0.15, -0.1) is 11.3 Å². The summed E-state index contributed by atoms with van der Waals surface area (Å²) >= 11 is 1.54. The lowest BCUT2D eigenvalue weighted by molar-refractivity contribution is 0.254. The smallest absolute Gasteiger partial charge is 0.129 e. The maximum atomic E-state index is 6.15. The monoisotopic (exact) mass is 304 g/mol. The number of nitrogens with two attached hydrogens (primary N) is 1. The molecule has 0 amide bonds. The molecule has 0 aliphatic carbocycles. The second-order valence-corrected chi connectivity index (χ2v) is 6.31. The average Bonchev–Trinajstić information content (AvgIpc) is 2.99. The van der Waals surface area contributed by atoms with E-state index in [9.17, 15) is 0 Å². The molecule has 2 N–H and O–H groups in total. The van der Waals surface area contributed by atoms with Crippen molar-refractivity contribution in [3.8, 4) is 22.8 Å². The maximum Gasteiger partial charge on any atom is 0.129 e. The number of nitrogen functional groups attached to an aromatic ring is 1. The predicted molar refractivity (Wildman–Crippen MR) is 86.3 cm³/mol. The summed E-state index contributed by atoms with van der Waals surface area (Å²) in [7, 11) is 0. The third-order valence-corrected chi connectivity index (χ3v) is 4.58. The Morgan fingerprint density at radius 2 is 2.24 bits per heavy atom. The van der Waals surface area contributed by atoms with Gasteiger partial charge in [-0.25, -0.2) is 4.98 Å². The fraction of sp³-hybridized carbons (Fsp3) is 0.438. The first-order chi connectivity index (χ1) is 10.1. The Labute approximate surface area is 128 Å². The second kappa shape index (κ2) is 5.56. The summed E-state index contributed by atoms with van der Waals surface area (Å²) in [5, 5.41) is 1.78.